The number of aromatic nitrogens is 2. The van der Waals surface area contributed by atoms with Crippen molar-refractivity contribution in [3.8, 4) is 17.5 Å². The Morgan fingerprint density at radius 2 is 1.75 bits per heavy atom. The van der Waals surface area contributed by atoms with E-state index in [0.29, 0.717) is 11.1 Å². The van der Waals surface area contributed by atoms with Crippen molar-refractivity contribution in [1.82, 2.24) is 15.5 Å². The molecule has 0 saturated heterocycles. The highest BCUT2D eigenvalue weighted by molar-refractivity contribution is 8.00. The lowest BCUT2D eigenvalue weighted by Crippen LogP contribution is -2.51. The molecule has 2 atom stereocenters. The van der Waals surface area contributed by atoms with Crippen LogP contribution >= 0.6 is 11.8 Å². The average Bonchev–Trinajstić information content (AvgIpc) is 3.09. The van der Waals surface area contributed by atoms with Crippen LogP contribution in [0.4, 0.5) is 0 Å². The fraction of sp³-hybridized carbons (Fsp3) is 0.524. The first-order valence-corrected chi connectivity index (χ1v) is 10.2. The number of amides is 1. The molecule has 1 heterocycles. The molecule has 7 heteroatoms. The first kappa shape index (κ1) is 22.0. The van der Waals surface area contributed by atoms with Gasteiger partial charge in [0, 0.05) is 5.56 Å². The van der Waals surface area contributed by atoms with Gasteiger partial charge in [-0.15, -0.1) is 10.2 Å². The Morgan fingerprint density at radius 3 is 2.25 bits per heavy atom. The molecule has 28 heavy (non-hydrogen) atoms. The summed E-state index contributed by atoms with van der Waals surface area (Å²) in [6.07, 6.45) is 0. The maximum Gasteiger partial charge on any atom is 0.277 e. The number of benzene rings is 1. The number of nitrogens with zero attached hydrogens (tertiary/aromatic N) is 3. The van der Waals surface area contributed by atoms with Crippen molar-refractivity contribution in [3.05, 3.63) is 29.8 Å². The van der Waals surface area contributed by atoms with Crippen LogP contribution < -0.4 is 5.32 Å². The van der Waals surface area contributed by atoms with Gasteiger partial charge >= 0.3 is 0 Å². The van der Waals surface area contributed by atoms with Gasteiger partial charge in [0.1, 0.15) is 5.54 Å². The Bertz CT molecular complexity index is 862. The molecule has 0 aliphatic rings. The summed E-state index contributed by atoms with van der Waals surface area (Å²) in [7, 11) is 0. The number of hydrogen-bond acceptors (Lipinski definition) is 6. The van der Waals surface area contributed by atoms with E-state index >= 15 is 0 Å². The third kappa shape index (κ3) is 5.14. The van der Waals surface area contributed by atoms with E-state index in [4.69, 9.17) is 4.42 Å². The van der Waals surface area contributed by atoms with Gasteiger partial charge in [-0.05, 0) is 42.9 Å². The molecule has 150 valence electrons. The topological polar surface area (TPSA) is 91.8 Å². The van der Waals surface area contributed by atoms with Gasteiger partial charge in [-0.2, -0.15) is 5.26 Å². The highest BCUT2D eigenvalue weighted by Crippen LogP contribution is 2.29. The van der Waals surface area contributed by atoms with Crippen LogP contribution in [0, 0.1) is 17.2 Å². The molecule has 2 aromatic rings. The Balaban J connectivity index is 2.06. The van der Waals surface area contributed by atoms with Crippen LogP contribution in [0.15, 0.2) is 33.9 Å². The molecule has 0 fully saturated rings. The molecule has 0 aliphatic carbocycles. The summed E-state index contributed by atoms with van der Waals surface area (Å²) in [5.74, 6) is 0.168. The average molecular weight is 401 g/mol. The molecule has 2 rings (SSSR count). The zero-order chi connectivity index (χ0) is 21.1. The summed E-state index contributed by atoms with van der Waals surface area (Å²) in [6.45, 7) is 13.7. The van der Waals surface area contributed by atoms with Gasteiger partial charge in [0.05, 0.1) is 11.3 Å². The SMILES string of the molecule is CC(C)[C@](C)(C#N)NC(=O)[C@H](C)Sc1nnc(-c2ccc(C(C)(C)C)cc2)o1. The molecule has 0 unspecified atom stereocenters. The minimum Gasteiger partial charge on any atom is -0.411 e. The third-order valence-electron chi connectivity index (χ3n) is 4.82. The normalized spacial score (nSPS) is 15.0. The van der Waals surface area contributed by atoms with E-state index in [1.54, 1.807) is 13.8 Å². The van der Waals surface area contributed by atoms with E-state index in [9.17, 15) is 10.1 Å². The Kier molecular flexibility index (Phi) is 6.56. The smallest absolute Gasteiger partial charge is 0.277 e. The molecule has 0 aliphatic heterocycles. The fourth-order valence-corrected chi connectivity index (χ4v) is 3.03. The quantitative estimate of drug-likeness (QED) is 0.714. The Hall–Kier alpha value is -2.33. The van der Waals surface area contributed by atoms with Crippen LogP contribution in [0.2, 0.25) is 0 Å². The molecule has 1 N–H and O–H groups in total. The molecule has 1 amide bonds. The molecule has 0 spiro atoms. The van der Waals surface area contributed by atoms with Crippen molar-refractivity contribution >= 4 is 17.7 Å². The van der Waals surface area contributed by atoms with Gasteiger partial charge in [0.2, 0.25) is 11.8 Å². The maximum atomic E-state index is 12.5. The van der Waals surface area contributed by atoms with Crippen molar-refractivity contribution in [1.29, 1.82) is 5.26 Å². The number of carbonyl (C=O) groups excluding carboxylic acids is 1. The summed E-state index contributed by atoms with van der Waals surface area (Å²) in [4.78, 5) is 12.5. The molecular formula is C21H28N4O2S. The Labute approximate surface area is 171 Å². The second-order valence-corrected chi connectivity index (χ2v) is 9.71. The molecule has 0 bridgehead atoms. The molecule has 6 nitrogen and oxygen atoms in total. The number of rotatable bonds is 6. The summed E-state index contributed by atoms with van der Waals surface area (Å²) in [5, 5.41) is 20.2. The third-order valence-corrected chi connectivity index (χ3v) is 5.76. The highest BCUT2D eigenvalue weighted by Gasteiger charge is 2.32. The van der Waals surface area contributed by atoms with Gasteiger partial charge in [0.15, 0.2) is 0 Å². The van der Waals surface area contributed by atoms with E-state index in [1.165, 1.54) is 17.3 Å². The fourth-order valence-electron chi connectivity index (χ4n) is 2.35. The van der Waals surface area contributed by atoms with E-state index in [-0.39, 0.29) is 17.2 Å². The Morgan fingerprint density at radius 1 is 1.14 bits per heavy atom. The van der Waals surface area contributed by atoms with E-state index in [1.807, 2.05) is 26.0 Å². The summed E-state index contributed by atoms with van der Waals surface area (Å²) in [5.41, 5.74) is 1.22. The van der Waals surface area contributed by atoms with Gasteiger partial charge in [-0.25, -0.2) is 0 Å². The first-order chi connectivity index (χ1) is 13.0. The van der Waals surface area contributed by atoms with Gasteiger partial charge in [0.25, 0.3) is 5.22 Å². The maximum absolute atomic E-state index is 12.5. The predicted octanol–water partition coefficient (Wildman–Crippen LogP) is 4.57. The zero-order valence-electron chi connectivity index (χ0n) is 17.5. The van der Waals surface area contributed by atoms with E-state index in [2.05, 4.69) is 54.5 Å². The number of carbonyl (C=O) groups is 1. The lowest BCUT2D eigenvalue weighted by Gasteiger charge is -2.28. The first-order valence-electron chi connectivity index (χ1n) is 9.30. The lowest BCUT2D eigenvalue weighted by atomic mass is 9.87. The highest BCUT2D eigenvalue weighted by atomic mass is 32.2. The van der Waals surface area contributed by atoms with Gasteiger partial charge in [-0.3, -0.25) is 4.79 Å². The van der Waals surface area contributed by atoms with Crippen LogP contribution in [-0.4, -0.2) is 26.9 Å². The van der Waals surface area contributed by atoms with Crippen LogP contribution in [-0.2, 0) is 10.2 Å². The largest absolute Gasteiger partial charge is 0.411 e. The lowest BCUT2D eigenvalue weighted by molar-refractivity contribution is -0.121. The van der Waals surface area contributed by atoms with Crippen molar-refractivity contribution < 1.29 is 9.21 Å². The van der Waals surface area contributed by atoms with Crippen LogP contribution in [0.25, 0.3) is 11.5 Å². The van der Waals surface area contributed by atoms with Crippen molar-refractivity contribution in [3.63, 3.8) is 0 Å². The molecule has 1 aromatic carbocycles. The minimum absolute atomic E-state index is 0.00951. The van der Waals surface area contributed by atoms with Crippen molar-refractivity contribution in [2.45, 2.75) is 69.9 Å². The van der Waals surface area contributed by atoms with Gasteiger partial charge in [-0.1, -0.05) is 58.5 Å². The second-order valence-electron chi connectivity index (χ2n) is 8.42. The zero-order valence-corrected chi connectivity index (χ0v) is 18.3. The van der Waals surface area contributed by atoms with E-state index < -0.39 is 10.8 Å². The minimum atomic E-state index is -0.916. The summed E-state index contributed by atoms with van der Waals surface area (Å²) in [6, 6.07) is 10.2. The van der Waals surface area contributed by atoms with Crippen LogP contribution in [0.3, 0.4) is 0 Å². The number of hydrogen-bond donors (Lipinski definition) is 1. The summed E-state index contributed by atoms with van der Waals surface area (Å²) >= 11 is 1.18. The summed E-state index contributed by atoms with van der Waals surface area (Å²) < 4.78 is 5.72. The number of nitrogens with one attached hydrogen (secondary N) is 1. The van der Waals surface area contributed by atoms with Crippen LogP contribution in [0.1, 0.15) is 54.0 Å². The number of thioether (sulfide) groups is 1. The van der Waals surface area contributed by atoms with E-state index in [0.717, 1.165) is 5.56 Å². The monoisotopic (exact) mass is 400 g/mol. The molecule has 1 aromatic heterocycles. The standard InChI is InChI=1S/C21H28N4O2S/c1-13(2)21(7,12-22)23-17(26)14(3)28-19-25-24-18(27-19)15-8-10-16(11-9-15)20(4,5)6/h8-11,13-14H,1-7H3,(H,23,26)/t14-,21-/m0/s1. The predicted molar refractivity (Wildman–Crippen MR) is 111 cm³/mol. The molecule has 0 saturated carbocycles. The number of nitriles is 1. The molecule has 0 radical (unpaired) electrons. The van der Waals surface area contributed by atoms with Crippen molar-refractivity contribution in [2.75, 3.05) is 0 Å². The van der Waals surface area contributed by atoms with Crippen LogP contribution in [0.5, 0.6) is 0 Å². The molecular weight excluding hydrogens is 372 g/mol. The second kappa shape index (κ2) is 8.36. The van der Waals surface area contributed by atoms with Crippen molar-refractivity contribution in [2.24, 2.45) is 5.92 Å². The van der Waals surface area contributed by atoms with Gasteiger partial charge < -0.3 is 9.73 Å².